The molecule has 0 radical (unpaired) electrons. The molecular formula is C10H11ClN4O2S. The summed E-state index contributed by atoms with van der Waals surface area (Å²) in [5, 5.41) is 9.04. The molecule has 96 valence electrons. The Morgan fingerprint density at radius 1 is 1.39 bits per heavy atom. The lowest BCUT2D eigenvalue weighted by atomic mass is 10.6. The van der Waals surface area contributed by atoms with Crippen molar-refractivity contribution >= 4 is 23.4 Å². The van der Waals surface area contributed by atoms with Gasteiger partial charge in [0, 0.05) is 19.6 Å². The van der Waals surface area contributed by atoms with Gasteiger partial charge in [0.05, 0.1) is 0 Å². The lowest BCUT2D eigenvalue weighted by molar-refractivity contribution is 0.128. The predicted octanol–water partition coefficient (Wildman–Crippen LogP) is 2.51. The SMILES string of the molecule is CCOCc1nc(Cl)cc(Sc2nnc(C)o2)n1. The third kappa shape index (κ3) is 3.66. The first-order valence-corrected chi connectivity index (χ1v) is 6.46. The van der Waals surface area contributed by atoms with Gasteiger partial charge in [0.15, 0.2) is 5.82 Å². The van der Waals surface area contributed by atoms with E-state index in [1.165, 1.54) is 11.8 Å². The van der Waals surface area contributed by atoms with Gasteiger partial charge in [0.2, 0.25) is 5.89 Å². The van der Waals surface area contributed by atoms with Gasteiger partial charge in [-0.05, 0) is 18.7 Å². The molecule has 0 aliphatic carbocycles. The molecule has 0 fully saturated rings. The van der Waals surface area contributed by atoms with Crippen LogP contribution in [0.5, 0.6) is 0 Å². The van der Waals surface area contributed by atoms with Crippen LogP contribution in [0.25, 0.3) is 0 Å². The fourth-order valence-electron chi connectivity index (χ4n) is 1.16. The third-order valence-corrected chi connectivity index (χ3v) is 2.80. The third-order valence-electron chi connectivity index (χ3n) is 1.85. The maximum absolute atomic E-state index is 5.91. The fraction of sp³-hybridized carbons (Fsp3) is 0.400. The number of ether oxygens (including phenoxy) is 1. The van der Waals surface area contributed by atoms with Gasteiger partial charge in [-0.1, -0.05) is 11.6 Å². The van der Waals surface area contributed by atoms with Crippen LogP contribution in [-0.4, -0.2) is 26.8 Å². The molecule has 2 aromatic rings. The van der Waals surface area contributed by atoms with E-state index in [9.17, 15) is 0 Å². The Balaban J connectivity index is 2.14. The van der Waals surface area contributed by atoms with Crippen molar-refractivity contribution in [1.82, 2.24) is 20.2 Å². The molecule has 0 saturated heterocycles. The fourth-order valence-corrected chi connectivity index (χ4v) is 2.17. The number of nitrogens with zero attached hydrogens (tertiary/aromatic N) is 4. The molecule has 2 rings (SSSR count). The average molecular weight is 287 g/mol. The molecule has 0 amide bonds. The van der Waals surface area contributed by atoms with E-state index in [4.69, 9.17) is 20.8 Å². The van der Waals surface area contributed by atoms with Crippen LogP contribution in [0, 0.1) is 6.92 Å². The molecule has 2 heterocycles. The molecule has 2 aromatic heterocycles. The highest BCUT2D eigenvalue weighted by Crippen LogP contribution is 2.26. The van der Waals surface area contributed by atoms with Crippen LogP contribution in [0.2, 0.25) is 5.15 Å². The first kappa shape index (κ1) is 13.3. The number of hydrogen-bond donors (Lipinski definition) is 0. The summed E-state index contributed by atoms with van der Waals surface area (Å²) in [7, 11) is 0. The van der Waals surface area contributed by atoms with Crippen LogP contribution >= 0.6 is 23.4 Å². The Morgan fingerprint density at radius 2 is 2.22 bits per heavy atom. The zero-order chi connectivity index (χ0) is 13.0. The lowest BCUT2D eigenvalue weighted by Gasteiger charge is -2.03. The van der Waals surface area contributed by atoms with Crippen molar-refractivity contribution in [3.63, 3.8) is 0 Å². The van der Waals surface area contributed by atoms with E-state index in [1.807, 2.05) is 6.92 Å². The Morgan fingerprint density at radius 3 is 2.89 bits per heavy atom. The van der Waals surface area contributed by atoms with E-state index in [0.29, 0.717) is 40.3 Å². The molecule has 18 heavy (non-hydrogen) atoms. The van der Waals surface area contributed by atoms with Crippen molar-refractivity contribution < 1.29 is 9.15 Å². The van der Waals surface area contributed by atoms with Gasteiger partial charge >= 0.3 is 0 Å². The molecule has 0 saturated carbocycles. The highest BCUT2D eigenvalue weighted by Gasteiger charge is 2.09. The number of aromatic nitrogens is 4. The maximum Gasteiger partial charge on any atom is 0.282 e. The van der Waals surface area contributed by atoms with E-state index >= 15 is 0 Å². The summed E-state index contributed by atoms with van der Waals surface area (Å²) in [6, 6.07) is 1.64. The second kappa shape index (κ2) is 6.12. The summed E-state index contributed by atoms with van der Waals surface area (Å²) in [6.45, 7) is 4.56. The lowest BCUT2D eigenvalue weighted by Crippen LogP contribution is -2.00. The Hall–Kier alpha value is -1.18. The zero-order valence-electron chi connectivity index (χ0n) is 9.88. The van der Waals surface area contributed by atoms with Gasteiger partial charge in [-0.15, -0.1) is 10.2 Å². The van der Waals surface area contributed by atoms with Crippen LogP contribution in [0.3, 0.4) is 0 Å². The standard InChI is InChI=1S/C10H11ClN4O2S/c1-3-16-5-8-12-7(11)4-9(13-8)18-10-15-14-6(2)17-10/h4H,3,5H2,1-2H3. The van der Waals surface area contributed by atoms with Crippen LogP contribution in [0.4, 0.5) is 0 Å². The molecule has 6 nitrogen and oxygen atoms in total. The second-order valence-corrected chi connectivity index (χ2v) is 4.63. The summed E-state index contributed by atoms with van der Waals surface area (Å²) in [5.74, 6) is 1.04. The van der Waals surface area contributed by atoms with Gasteiger partial charge in [-0.3, -0.25) is 0 Å². The molecular weight excluding hydrogens is 276 g/mol. The smallest absolute Gasteiger partial charge is 0.282 e. The summed E-state index contributed by atoms with van der Waals surface area (Å²) in [6.07, 6.45) is 0. The normalized spacial score (nSPS) is 10.8. The largest absolute Gasteiger partial charge is 0.416 e. The first-order chi connectivity index (χ1) is 8.67. The summed E-state index contributed by atoms with van der Waals surface area (Å²) >= 11 is 7.15. The monoisotopic (exact) mass is 286 g/mol. The molecule has 0 N–H and O–H groups in total. The summed E-state index contributed by atoms with van der Waals surface area (Å²) in [5.41, 5.74) is 0. The van der Waals surface area contributed by atoms with Crippen molar-refractivity contribution in [3.05, 3.63) is 22.9 Å². The van der Waals surface area contributed by atoms with Crippen molar-refractivity contribution in [2.75, 3.05) is 6.61 Å². The molecule has 0 spiro atoms. The van der Waals surface area contributed by atoms with Gasteiger partial charge in [-0.2, -0.15) is 0 Å². The van der Waals surface area contributed by atoms with Crippen LogP contribution in [0.1, 0.15) is 18.6 Å². The van der Waals surface area contributed by atoms with Crippen molar-refractivity contribution in [2.24, 2.45) is 0 Å². The summed E-state index contributed by atoms with van der Waals surface area (Å²) < 4.78 is 10.5. The molecule has 8 heteroatoms. The van der Waals surface area contributed by atoms with Crippen LogP contribution in [-0.2, 0) is 11.3 Å². The minimum atomic E-state index is 0.327. The number of aryl methyl sites for hydroxylation is 1. The Kier molecular flexibility index (Phi) is 4.51. The molecule has 0 aromatic carbocycles. The Labute approximate surface area is 113 Å². The molecule has 0 unspecified atom stereocenters. The van der Waals surface area contributed by atoms with E-state index in [1.54, 1.807) is 13.0 Å². The summed E-state index contributed by atoms with van der Waals surface area (Å²) in [4.78, 5) is 8.36. The topological polar surface area (TPSA) is 73.9 Å². The van der Waals surface area contributed by atoms with Gasteiger partial charge in [0.25, 0.3) is 5.22 Å². The Bertz CT molecular complexity index is 534. The second-order valence-electron chi connectivity index (χ2n) is 3.27. The van der Waals surface area contributed by atoms with Crippen molar-refractivity contribution in [2.45, 2.75) is 30.7 Å². The van der Waals surface area contributed by atoms with Crippen molar-refractivity contribution in [3.8, 4) is 0 Å². The van der Waals surface area contributed by atoms with E-state index < -0.39 is 0 Å². The number of hydrogen-bond acceptors (Lipinski definition) is 7. The molecule has 0 atom stereocenters. The highest BCUT2D eigenvalue weighted by atomic mass is 35.5. The zero-order valence-corrected chi connectivity index (χ0v) is 11.5. The van der Waals surface area contributed by atoms with E-state index in [2.05, 4.69) is 20.2 Å². The number of rotatable bonds is 5. The maximum atomic E-state index is 5.91. The predicted molar refractivity (Wildman–Crippen MR) is 65.5 cm³/mol. The molecule has 0 bridgehead atoms. The molecule has 0 aliphatic rings. The van der Waals surface area contributed by atoms with E-state index in [0.717, 1.165) is 0 Å². The highest BCUT2D eigenvalue weighted by molar-refractivity contribution is 7.99. The minimum absolute atomic E-state index is 0.327. The van der Waals surface area contributed by atoms with E-state index in [-0.39, 0.29) is 0 Å². The first-order valence-electron chi connectivity index (χ1n) is 5.26. The van der Waals surface area contributed by atoms with Gasteiger partial charge in [0.1, 0.15) is 16.8 Å². The van der Waals surface area contributed by atoms with Crippen molar-refractivity contribution in [1.29, 1.82) is 0 Å². The number of halogens is 1. The van der Waals surface area contributed by atoms with Gasteiger partial charge in [-0.25, -0.2) is 9.97 Å². The quantitative estimate of drug-likeness (QED) is 0.782. The van der Waals surface area contributed by atoms with Crippen LogP contribution in [0.15, 0.2) is 20.7 Å². The van der Waals surface area contributed by atoms with Crippen LogP contribution < -0.4 is 0 Å². The minimum Gasteiger partial charge on any atom is -0.416 e. The van der Waals surface area contributed by atoms with Gasteiger partial charge < -0.3 is 9.15 Å². The average Bonchev–Trinajstić information content (AvgIpc) is 2.71. The molecule has 0 aliphatic heterocycles.